The molecule has 0 radical (unpaired) electrons. The topological polar surface area (TPSA) is 74.8 Å². The van der Waals surface area contributed by atoms with Crippen LogP contribution >= 0.6 is 11.3 Å². The van der Waals surface area contributed by atoms with Crippen molar-refractivity contribution in [1.82, 2.24) is 14.8 Å². The summed E-state index contributed by atoms with van der Waals surface area (Å²) in [7, 11) is 1.79. The molecular weight excluding hydrogens is 364 g/mol. The van der Waals surface area contributed by atoms with Crippen molar-refractivity contribution in [2.45, 2.75) is 52.6 Å². The second kappa shape index (κ2) is 9.50. The fraction of sp³-hybridized carbons (Fsp3) is 0.737. The van der Waals surface area contributed by atoms with Gasteiger partial charge in [0.1, 0.15) is 5.60 Å². The van der Waals surface area contributed by atoms with E-state index < -0.39 is 5.60 Å². The van der Waals surface area contributed by atoms with Gasteiger partial charge in [0.15, 0.2) is 5.13 Å². The number of rotatable bonds is 6. The standard InChI is InChI=1S/C19H32N4O3S/c1-14-13-27-17(20-14)21-16(24)12-23-10-7-15(8-11-23)6-9-22(5)18(25)26-19(2,3)4/h13,15H,6-12H2,1-5H3,(H,20,21,24). The normalized spacial score (nSPS) is 16.2. The number of piperidine rings is 1. The van der Waals surface area contributed by atoms with Crippen molar-refractivity contribution < 1.29 is 14.3 Å². The third-order valence-corrected chi connectivity index (χ3v) is 5.39. The first kappa shape index (κ1) is 21.6. The van der Waals surface area contributed by atoms with E-state index in [9.17, 15) is 9.59 Å². The molecule has 1 N–H and O–H groups in total. The van der Waals surface area contributed by atoms with Gasteiger partial charge in [0.05, 0.1) is 12.2 Å². The summed E-state index contributed by atoms with van der Waals surface area (Å²) in [5.74, 6) is 0.572. The number of nitrogens with zero attached hydrogens (tertiary/aromatic N) is 3. The fourth-order valence-electron chi connectivity index (χ4n) is 3.01. The first-order chi connectivity index (χ1) is 12.6. The van der Waals surface area contributed by atoms with Crippen molar-refractivity contribution in [1.29, 1.82) is 0 Å². The molecule has 1 fully saturated rings. The second-order valence-electron chi connectivity index (χ2n) is 8.25. The highest BCUT2D eigenvalue weighted by Crippen LogP contribution is 2.21. The molecule has 1 aromatic heterocycles. The zero-order valence-electron chi connectivity index (χ0n) is 17.1. The molecule has 1 saturated heterocycles. The summed E-state index contributed by atoms with van der Waals surface area (Å²) in [6, 6.07) is 0. The van der Waals surface area contributed by atoms with Crippen LogP contribution in [-0.4, -0.2) is 65.6 Å². The number of anilines is 1. The van der Waals surface area contributed by atoms with Gasteiger partial charge in [-0.1, -0.05) is 0 Å². The van der Waals surface area contributed by atoms with Crippen molar-refractivity contribution >= 4 is 28.5 Å². The van der Waals surface area contributed by atoms with Gasteiger partial charge in [-0.2, -0.15) is 0 Å². The summed E-state index contributed by atoms with van der Waals surface area (Å²) in [6.45, 7) is 10.5. The molecule has 8 heteroatoms. The van der Waals surface area contributed by atoms with Crippen LogP contribution in [0.1, 0.15) is 45.7 Å². The molecule has 0 aromatic carbocycles. The van der Waals surface area contributed by atoms with E-state index in [1.807, 2.05) is 33.1 Å². The Labute approximate surface area is 166 Å². The molecule has 1 aliphatic heterocycles. The van der Waals surface area contributed by atoms with Crippen molar-refractivity contribution in [2.24, 2.45) is 5.92 Å². The summed E-state index contributed by atoms with van der Waals surface area (Å²) in [4.78, 5) is 32.2. The highest BCUT2D eigenvalue weighted by Gasteiger charge is 2.23. The van der Waals surface area contributed by atoms with Gasteiger partial charge in [-0.15, -0.1) is 11.3 Å². The van der Waals surface area contributed by atoms with Crippen LogP contribution in [0.4, 0.5) is 9.93 Å². The molecule has 0 atom stereocenters. The minimum absolute atomic E-state index is 0.00698. The van der Waals surface area contributed by atoms with E-state index in [0.29, 0.717) is 24.1 Å². The van der Waals surface area contributed by atoms with Gasteiger partial charge in [-0.3, -0.25) is 9.69 Å². The lowest BCUT2D eigenvalue weighted by Gasteiger charge is -2.32. The largest absolute Gasteiger partial charge is 0.444 e. The van der Waals surface area contributed by atoms with Crippen LogP contribution in [0.3, 0.4) is 0 Å². The number of carbonyl (C=O) groups is 2. The third-order valence-electron chi connectivity index (χ3n) is 4.52. The minimum Gasteiger partial charge on any atom is -0.444 e. The maximum absolute atomic E-state index is 12.1. The third kappa shape index (κ3) is 7.84. The average Bonchev–Trinajstić information content (AvgIpc) is 2.97. The van der Waals surface area contributed by atoms with E-state index in [-0.39, 0.29) is 12.0 Å². The molecule has 0 spiro atoms. The van der Waals surface area contributed by atoms with Gasteiger partial charge >= 0.3 is 6.09 Å². The van der Waals surface area contributed by atoms with E-state index >= 15 is 0 Å². The summed E-state index contributed by atoms with van der Waals surface area (Å²) in [5, 5.41) is 5.45. The molecule has 1 aromatic rings. The van der Waals surface area contributed by atoms with Gasteiger partial charge in [0.2, 0.25) is 5.91 Å². The van der Waals surface area contributed by atoms with Crippen molar-refractivity contribution in [2.75, 3.05) is 38.5 Å². The van der Waals surface area contributed by atoms with Crippen LogP contribution < -0.4 is 5.32 Å². The molecule has 2 amide bonds. The maximum Gasteiger partial charge on any atom is 0.410 e. The quantitative estimate of drug-likeness (QED) is 0.798. The first-order valence-corrected chi connectivity index (χ1v) is 10.4. The van der Waals surface area contributed by atoms with Gasteiger partial charge in [-0.25, -0.2) is 9.78 Å². The summed E-state index contributed by atoms with van der Waals surface area (Å²) in [5.41, 5.74) is 0.460. The van der Waals surface area contributed by atoms with Crippen LogP contribution in [-0.2, 0) is 9.53 Å². The molecule has 0 aliphatic carbocycles. The Hall–Kier alpha value is -1.67. The molecule has 152 valence electrons. The van der Waals surface area contributed by atoms with E-state index in [4.69, 9.17) is 4.74 Å². The molecule has 0 bridgehead atoms. The van der Waals surface area contributed by atoms with Crippen molar-refractivity contribution in [3.8, 4) is 0 Å². The van der Waals surface area contributed by atoms with Crippen LogP contribution in [0, 0.1) is 12.8 Å². The zero-order chi connectivity index (χ0) is 20.0. The Bertz CT molecular complexity index is 633. The monoisotopic (exact) mass is 396 g/mol. The number of likely N-dealkylation sites (tertiary alicyclic amines) is 1. The van der Waals surface area contributed by atoms with Crippen LogP contribution in [0.25, 0.3) is 0 Å². The number of amides is 2. The molecular formula is C19H32N4O3S. The van der Waals surface area contributed by atoms with E-state index in [1.54, 1.807) is 11.9 Å². The minimum atomic E-state index is -0.464. The number of thiazole rings is 1. The number of hydrogen-bond acceptors (Lipinski definition) is 6. The van der Waals surface area contributed by atoms with Crippen LogP contribution in [0.15, 0.2) is 5.38 Å². The second-order valence-corrected chi connectivity index (χ2v) is 9.11. The summed E-state index contributed by atoms with van der Waals surface area (Å²) < 4.78 is 5.38. The fourth-order valence-corrected chi connectivity index (χ4v) is 3.72. The van der Waals surface area contributed by atoms with Crippen molar-refractivity contribution in [3.05, 3.63) is 11.1 Å². The predicted molar refractivity (Wildman–Crippen MR) is 108 cm³/mol. The number of ether oxygens (including phenoxy) is 1. The summed E-state index contributed by atoms with van der Waals surface area (Å²) in [6.07, 6.45) is 2.79. The molecule has 1 aliphatic rings. The first-order valence-electron chi connectivity index (χ1n) is 9.51. The lowest BCUT2D eigenvalue weighted by molar-refractivity contribution is -0.117. The van der Waals surface area contributed by atoms with E-state index in [1.165, 1.54) is 11.3 Å². The lowest BCUT2D eigenvalue weighted by Crippen LogP contribution is -2.40. The van der Waals surface area contributed by atoms with E-state index in [0.717, 1.165) is 38.0 Å². The van der Waals surface area contributed by atoms with Crippen LogP contribution in [0.2, 0.25) is 0 Å². The lowest BCUT2D eigenvalue weighted by atomic mass is 9.93. The highest BCUT2D eigenvalue weighted by atomic mass is 32.1. The van der Waals surface area contributed by atoms with Crippen LogP contribution in [0.5, 0.6) is 0 Å². The van der Waals surface area contributed by atoms with Crippen molar-refractivity contribution in [3.63, 3.8) is 0 Å². The number of carbonyl (C=O) groups excluding carboxylic acids is 2. The Balaban J connectivity index is 1.65. The van der Waals surface area contributed by atoms with Gasteiger partial charge < -0.3 is 15.0 Å². The molecule has 27 heavy (non-hydrogen) atoms. The Morgan fingerprint density at radius 1 is 1.37 bits per heavy atom. The number of nitrogens with one attached hydrogen (secondary N) is 1. The zero-order valence-corrected chi connectivity index (χ0v) is 17.9. The SMILES string of the molecule is Cc1csc(NC(=O)CN2CCC(CCN(C)C(=O)OC(C)(C)C)CC2)n1. The number of hydrogen-bond donors (Lipinski definition) is 1. The Kier molecular flexibility index (Phi) is 7.61. The summed E-state index contributed by atoms with van der Waals surface area (Å²) >= 11 is 1.45. The van der Waals surface area contributed by atoms with Gasteiger partial charge in [0, 0.05) is 19.0 Å². The average molecular weight is 397 g/mol. The highest BCUT2D eigenvalue weighted by molar-refractivity contribution is 7.13. The number of aromatic nitrogens is 1. The Morgan fingerprint density at radius 3 is 2.59 bits per heavy atom. The van der Waals surface area contributed by atoms with Gasteiger partial charge in [-0.05, 0) is 66.0 Å². The number of aryl methyl sites for hydroxylation is 1. The molecule has 2 heterocycles. The molecule has 2 rings (SSSR count). The maximum atomic E-state index is 12.1. The van der Waals surface area contributed by atoms with E-state index in [2.05, 4.69) is 15.2 Å². The molecule has 0 saturated carbocycles. The Morgan fingerprint density at radius 2 is 2.04 bits per heavy atom. The molecule has 0 unspecified atom stereocenters. The molecule has 7 nitrogen and oxygen atoms in total. The predicted octanol–water partition coefficient (Wildman–Crippen LogP) is 3.36. The van der Waals surface area contributed by atoms with Gasteiger partial charge in [0.25, 0.3) is 0 Å². The smallest absolute Gasteiger partial charge is 0.410 e.